The Hall–Kier alpha value is -2.00. The van der Waals surface area contributed by atoms with Crippen molar-refractivity contribution < 1.29 is 29.0 Å². The first-order valence-corrected chi connectivity index (χ1v) is 7.66. The van der Waals surface area contributed by atoms with Crippen LogP contribution >= 0.6 is 7.60 Å². The van der Waals surface area contributed by atoms with Gasteiger partial charge in [0.25, 0.3) is 11.4 Å². The molecule has 0 aliphatic rings. The second kappa shape index (κ2) is 7.32. The number of aliphatic carboxylic acids is 1. The highest BCUT2D eigenvalue weighted by Crippen LogP contribution is 2.41. The Balaban J connectivity index is 2.63. The molecular weight excluding hydrogens is 319 g/mol. The van der Waals surface area contributed by atoms with Gasteiger partial charge in [0.05, 0.1) is 6.61 Å². The lowest BCUT2D eigenvalue weighted by Crippen LogP contribution is -2.30. The van der Waals surface area contributed by atoms with E-state index in [2.05, 4.69) is 9.72 Å². The lowest BCUT2D eigenvalue weighted by Gasteiger charge is -2.13. The van der Waals surface area contributed by atoms with Crippen molar-refractivity contribution in [3.8, 4) is 0 Å². The van der Waals surface area contributed by atoms with Gasteiger partial charge < -0.3 is 19.6 Å². The first-order valence-electron chi connectivity index (χ1n) is 5.98. The number of H-pyrrole nitrogens is 1. The van der Waals surface area contributed by atoms with Crippen LogP contribution in [0.2, 0.25) is 0 Å². The Morgan fingerprint density at radius 3 is 2.64 bits per heavy atom. The van der Waals surface area contributed by atoms with Gasteiger partial charge in [0.1, 0.15) is 0 Å². The van der Waals surface area contributed by atoms with Gasteiger partial charge in [-0.1, -0.05) is 12.2 Å². The second-order valence-corrected chi connectivity index (χ2v) is 5.96. The lowest BCUT2D eigenvalue weighted by molar-refractivity contribution is -0.145. The van der Waals surface area contributed by atoms with Crippen molar-refractivity contribution in [1.29, 1.82) is 0 Å². The summed E-state index contributed by atoms with van der Waals surface area (Å²) in [6, 6.07) is 0. The van der Waals surface area contributed by atoms with Gasteiger partial charge in [-0.15, -0.1) is 0 Å². The highest BCUT2D eigenvalue weighted by molar-refractivity contribution is 7.53. The largest absolute Gasteiger partial charge is 0.479 e. The lowest BCUT2D eigenvalue weighted by atomic mass is 10.4. The van der Waals surface area contributed by atoms with Gasteiger partial charge in [-0.05, 0) is 6.92 Å². The molecule has 11 heteroatoms. The number of rotatable bonds is 7. The Kier molecular flexibility index (Phi) is 6.01. The number of nitrogens with zero attached hydrogens (tertiary/aromatic N) is 1. The number of carbonyl (C=O) groups is 1. The van der Waals surface area contributed by atoms with Crippen molar-refractivity contribution in [2.45, 2.75) is 19.3 Å². The molecule has 0 fully saturated rings. The van der Waals surface area contributed by atoms with Crippen molar-refractivity contribution in [2.75, 3.05) is 6.61 Å². The number of allylic oxidation sites excluding steroid dienone is 1. The molecule has 0 amide bonds. The summed E-state index contributed by atoms with van der Waals surface area (Å²) < 4.78 is 16.6. The van der Waals surface area contributed by atoms with Crippen LogP contribution in [0.1, 0.15) is 5.56 Å². The van der Waals surface area contributed by atoms with E-state index in [0.717, 1.165) is 0 Å². The number of carboxylic acid groups (broad SMARTS) is 1. The maximum absolute atomic E-state index is 11.4. The third-order valence-corrected chi connectivity index (χ3v) is 3.51. The van der Waals surface area contributed by atoms with Crippen LogP contribution < -0.4 is 11.2 Å². The minimum Gasteiger partial charge on any atom is -0.479 e. The minimum absolute atomic E-state index is 0.0768. The van der Waals surface area contributed by atoms with E-state index in [0.29, 0.717) is 5.56 Å². The van der Waals surface area contributed by atoms with Crippen molar-refractivity contribution in [2.24, 2.45) is 0 Å². The molecule has 22 heavy (non-hydrogen) atoms. The number of hydrogen-bond donors (Lipinski definition) is 4. The predicted octanol–water partition coefficient (Wildman–Crippen LogP) is -0.994. The van der Waals surface area contributed by atoms with Crippen LogP contribution in [0, 0.1) is 6.92 Å². The van der Waals surface area contributed by atoms with Gasteiger partial charge >= 0.3 is 19.3 Å². The fraction of sp³-hybridized carbons (Fsp3) is 0.364. The topological polar surface area (TPSA) is 159 Å². The second-order valence-electron chi connectivity index (χ2n) is 4.31. The van der Waals surface area contributed by atoms with E-state index >= 15 is 0 Å². The van der Waals surface area contributed by atoms with E-state index in [-0.39, 0.29) is 13.2 Å². The van der Waals surface area contributed by atoms with E-state index in [1.165, 1.54) is 29.8 Å². The number of nitrogens with one attached hydrogen (secondary N) is 1. The fourth-order valence-electron chi connectivity index (χ4n) is 1.47. The molecular formula is C11H15N2O8P. The van der Waals surface area contributed by atoms with E-state index in [4.69, 9.17) is 14.9 Å². The number of hydrogen-bond acceptors (Lipinski definition) is 5. The Morgan fingerprint density at radius 2 is 2.09 bits per heavy atom. The summed E-state index contributed by atoms with van der Waals surface area (Å²) in [5.41, 5.74) is -0.754. The number of ether oxygens (including phenoxy) is 1. The molecule has 0 saturated heterocycles. The highest BCUT2D eigenvalue weighted by atomic mass is 31.2. The zero-order valence-electron chi connectivity index (χ0n) is 11.5. The van der Waals surface area contributed by atoms with Crippen molar-refractivity contribution >= 4 is 13.6 Å². The molecule has 0 aromatic carbocycles. The molecule has 0 spiro atoms. The van der Waals surface area contributed by atoms with E-state index in [1.807, 2.05) is 0 Å². The summed E-state index contributed by atoms with van der Waals surface area (Å²) in [7, 11) is -4.91. The first kappa shape index (κ1) is 18.1. The minimum atomic E-state index is -4.91. The summed E-state index contributed by atoms with van der Waals surface area (Å²) in [6.07, 6.45) is 4.08. The maximum Gasteiger partial charge on any atom is 0.365 e. The number of aromatic amines is 1. The summed E-state index contributed by atoms with van der Waals surface area (Å²) in [5, 5.41) is 8.62. The summed E-state index contributed by atoms with van der Waals surface area (Å²) in [4.78, 5) is 52.9. The molecule has 0 aliphatic heterocycles. The Labute approximate surface area is 123 Å². The summed E-state index contributed by atoms with van der Waals surface area (Å²) >= 11 is 0. The average Bonchev–Trinajstić information content (AvgIpc) is 2.37. The molecule has 0 saturated carbocycles. The van der Waals surface area contributed by atoms with Crippen LogP contribution in [0.5, 0.6) is 0 Å². The monoisotopic (exact) mass is 334 g/mol. The van der Waals surface area contributed by atoms with E-state index in [1.54, 1.807) is 0 Å². The van der Waals surface area contributed by atoms with Gasteiger partial charge in [0, 0.05) is 18.3 Å². The van der Waals surface area contributed by atoms with Crippen molar-refractivity contribution in [3.63, 3.8) is 0 Å². The number of carboxylic acids is 1. The van der Waals surface area contributed by atoms with Crippen molar-refractivity contribution in [3.05, 3.63) is 44.8 Å². The van der Waals surface area contributed by atoms with E-state index < -0.39 is 30.7 Å². The third-order valence-electron chi connectivity index (χ3n) is 2.52. The molecule has 1 rings (SSSR count). The first-order chi connectivity index (χ1) is 10.1. The molecule has 1 atom stereocenters. The fourth-order valence-corrected chi connectivity index (χ4v) is 2.04. The van der Waals surface area contributed by atoms with Crippen LogP contribution in [0.15, 0.2) is 27.9 Å². The molecule has 1 aromatic rings. The molecule has 1 heterocycles. The van der Waals surface area contributed by atoms with Crippen LogP contribution in [-0.4, -0.2) is 42.9 Å². The predicted molar refractivity (Wildman–Crippen MR) is 74.6 cm³/mol. The molecule has 0 bridgehead atoms. The molecule has 0 radical (unpaired) electrons. The molecule has 1 unspecified atom stereocenters. The zero-order valence-corrected chi connectivity index (χ0v) is 12.4. The van der Waals surface area contributed by atoms with Gasteiger partial charge in [-0.2, -0.15) is 0 Å². The van der Waals surface area contributed by atoms with Gasteiger partial charge in [-0.3, -0.25) is 18.9 Å². The summed E-state index contributed by atoms with van der Waals surface area (Å²) in [6.45, 7) is 1.24. The zero-order chi connectivity index (χ0) is 16.9. The molecule has 4 N–H and O–H groups in total. The summed E-state index contributed by atoms with van der Waals surface area (Å²) in [5.74, 6) is -4.01. The van der Waals surface area contributed by atoms with Crippen LogP contribution in [0.4, 0.5) is 0 Å². The molecule has 10 nitrogen and oxygen atoms in total. The standard InChI is InChI=1S/C11H15N2O8P/c1-7-6-13(11(17)12-8(7)14)4-2-3-5-21-10(9(15)16)22(18,19)20/h2-3,6,10H,4-5H2,1H3,(H,15,16)(H,12,14,17)(H2,18,19,20)/b3-2-. The van der Waals surface area contributed by atoms with Crippen LogP contribution in [-0.2, 0) is 20.6 Å². The van der Waals surface area contributed by atoms with Crippen LogP contribution in [0.25, 0.3) is 0 Å². The van der Waals surface area contributed by atoms with Crippen molar-refractivity contribution in [1.82, 2.24) is 9.55 Å². The molecule has 0 aliphatic carbocycles. The number of aromatic nitrogens is 2. The van der Waals surface area contributed by atoms with Crippen LogP contribution in [0.3, 0.4) is 0 Å². The van der Waals surface area contributed by atoms with Gasteiger partial charge in [0.15, 0.2) is 0 Å². The van der Waals surface area contributed by atoms with E-state index in [9.17, 15) is 18.9 Å². The average molecular weight is 334 g/mol. The Morgan fingerprint density at radius 1 is 1.45 bits per heavy atom. The molecule has 122 valence electrons. The number of aryl methyl sites for hydroxylation is 1. The third kappa shape index (κ3) is 5.08. The maximum atomic E-state index is 11.4. The quantitative estimate of drug-likeness (QED) is 0.365. The highest BCUT2D eigenvalue weighted by Gasteiger charge is 2.36. The van der Waals surface area contributed by atoms with Gasteiger partial charge in [-0.25, -0.2) is 9.59 Å². The molecule has 1 aromatic heterocycles. The smallest absolute Gasteiger partial charge is 0.365 e. The van der Waals surface area contributed by atoms with Gasteiger partial charge in [0.2, 0.25) is 0 Å². The SMILES string of the molecule is Cc1cn(C/C=C\COC(C(=O)O)P(=O)(O)O)c(=O)[nH]c1=O. The Bertz CT molecular complexity index is 728. The normalized spacial score (nSPS) is 13.4.